The lowest BCUT2D eigenvalue weighted by atomic mass is 10.2. The lowest BCUT2D eigenvalue weighted by Gasteiger charge is -2.07. The van der Waals surface area contributed by atoms with Crippen LogP contribution in [0.5, 0.6) is 0 Å². The molecule has 1 fully saturated rings. The molecule has 24 heavy (non-hydrogen) atoms. The first-order valence-corrected chi connectivity index (χ1v) is 9.36. The number of fused-ring (bicyclic) bond motifs is 1. The summed E-state index contributed by atoms with van der Waals surface area (Å²) >= 11 is 1.68. The number of hydrogen-bond donors (Lipinski definition) is 1. The van der Waals surface area contributed by atoms with Crippen molar-refractivity contribution < 1.29 is 0 Å². The van der Waals surface area contributed by atoms with Crippen molar-refractivity contribution in [3.8, 4) is 0 Å². The molecule has 0 amide bonds. The Morgan fingerprint density at radius 1 is 1.21 bits per heavy atom. The standard InChI is InChI=1S/C17H20N6S/c1-2-10-24-17-19-15(18-13-8-9-13)14-16(20-17)23(22-21-14)11-12-6-4-3-5-7-12/h3-7,13H,2,8-11H2,1H3,(H,18,19,20). The molecule has 0 aliphatic heterocycles. The van der Waals surface area contributed by atoms with E-state index in [2.05, 4.69) is 39.7 Å². The predicted molar refractivity (Wildman–Crippen MR) is 96.3 cm³/mol. The summed E-state index contributed by atoms with van der Waals surface area (Å²) in [6.45, 7) is 2.82. The second-order valence-corrected chi connectivity index (χ2v) is 7.09. The summed E-state index contributed by atoms with van der Waals surface area (Å²) in [5.41, 5.74) is 2.75. The number of anilines is 1. The van der Waals surface area contributed by atoms with Crippen LogP contribution in [-0.2, 0) is 6.54 Å². The second-order valence-electron chi connectivity index (χ2n) is 6.03. The van der Waals surface area contributed by atoms with Crippen LogP contribution in [0.25, 0.3) is 11.2 Å². The molecule has 3 aromatic rings. The van der Waals surface area contributed by atoms with E-state index in [4.69, 9.17) is 4.98 Å². The molecule has 4 rings (SSSR count). The zero-order valence-electron chi connectivity index (χ0n) is 13.6. The largest absolute Gasteiger partial charge is 0.365 e. The Bertz CT molecular complexity index is 828. The molecule has 0 saturated heterocycles. The molecule has 1 aromatic carbocycles. The summed E-state index contributed by atoms with van der Waals surface area (Å²) < 4.78 is 1.86. The maximum Gasteiger partial charge on any atom is 0.191 e. The van der Waals surface area contributed by atoms with Crippen molar-refractivity contribution >= 4 is 28.7 Å². The summed E-state index contributed by atoms with van der Waals surface area (Å²) in [7, 11) is 0. The minimum Gasteiger partial charge on any atom is -0.365 e. The van der Waals surface area contributed by atoms with Crippen molar-refractivity contribution in [1.82, 2.24) is 25.0 Å². The number of aromatic nitrogens is 5. The van der Waals surface area contributed by atoms with Crippen LogP contribution < -0.4 is 5.32 Å². The topological polar surface area (TPSA) is 68.5 Å². The van der Waals surface area contributed by atoms with Crippen LogP contribution in [0.1, 0.15) is 31.7 Å². The molecule has 0 unspecified atom stereocenters. The molecule has 2 aromatic heterocycles. The van der Waals surface area contributed by atoms with Gasteiger partial charge in [0.25, 0.3) is 0 Å². The molecule has 0 radical (unpaired) electrons. The van der Waals surface area contributed by atoms with Crippen LogP contribution in [0, 0.1) is 0 Å². The highest BCUT2D eigenvalue weighted by Gasteiger charge is 2.24. The van der Waals surface area contributed by atoms with Crippen LogP contribution >= 0.6 is 11.8 Å². The van der Waals surface area contributed by atoms with Gasteiger partial charge >= 0.3 is 0 Å². The smallest absolute Gasteiger partial charge is 0.191 e. The molecular weight excluding hydrogens is 320 g/mol. The van der Waals surface area contributed by atoms with Crippen LogP contribution in [-0.4, -0.2) is 36.8 Å². The Kier molecular flexibility index (Phi) is 4.34. The molecule has 1 saturated carbocycles. The van der Waals surface area contributed by atoms with Crippen molar-refractivity contribution in [1.29, 1.82) is 0 Å². The minimum atomic E-state index is 0.520. The first kappa shape index (κ1) is 15.4. The van der Waals surface area contributed by atoms with Crippen molar-refractivity contribution in [3.63, 3.8) is 0 Å². The highest BCUT2D eigenvalue weighted by atomic mass is 32.2. The van der Waals surface area contributed by atoms with E-state index in [1.54, 1.807) is 11.8 Å². The monoisotopic (exact) mass is 340 g/mol. The van der Waals surface area contributed by atoms with Gasteiger partial charge in [-0.05, 0) is 24.8 Å². The first-order valence-electron chi connectivity index (χ1n) is 8.38. The fraction of sp³-hybridized carbons (Fsp3) is 0.412. The van der Waals surface area contributed by atoms with Crippen molar-refractivity contribution in [3.05, 3.63) is 35.9 Å². The van der Waals surface area contributed by atoms with Gasteiger partial charge < -0.3 is 5.32 Å². The van der Waals surface area contributed by atoms with Gasteiger partial charge in [0, 0.05) is 11.8 Å². The first-order chi connectivity index (χ1) is 11.8. The van der Waals surface area contributed by atoms with Gasteiger partial charge in [0.1, 0.15) is 0 Å². The van der Waals surface area contributed by atoms with Gasteiger partial charge in [0.15, 0.2) is 22.1 Å². The fourth-order valence-electron chi connectivity index (χ4n) is 2.48. The molecule has 0 bridgehead atoms. The Morgan fingerprint density at radius 3 is 2.79 bits per heavy atom. The molecular formula is C17H20N6S. The van der Waals surface area contributed by atoms with E-state index in [9.17, 15) is 0 Å². The summed E-state index contributed by atoms with van der Waals surface area (Å²) in [4.78, 5) is 9.37. The fourth-order valence-corrected chi connectivity index (χ4v) is 3.17. The lowest BCUT2D eigenvalue weighted by molar-refractivity contribution is 0.661. The van der Waals surface area contributed by atoms with Crippen LogP contribution in [0.2, 0.25) is 0 Å². The molecule has 2 heterocycles. The lowest BCUT2D eigenvalue weighted by Crippen LogP contribution is -2.07. The summed E-state index contributed by atoms with van der Waals surface area (Å²) in [5, 5.41) is 12.9. The molecule has 1 N–H and O–H groups in total. The van der Waals surface area contributed by atoms with Crippen LogP contribution in [0.4, 0.5) is 5.82 Å². The Labute approximate surface area is 145 Å². The van der Waals surface area contributed by atoms with E-state index in [1.807, 2.05) is 22.9 Å². The molecule has 0 spiro atoms. The van der Waals surface area contributed by atoms with Gasteiger partial charge in [-0.15, -0.1) is 5.10 Å². The molecule has 1 aliphatic rings. The van der Waals surface area contributed by atoms with Gasteiger partial charge in [-0.25, -0.2) is 14.6 Å². The average Bonchev–Trinajstić information content (AvgIpc) is 3.34. The third-order valence-corrected chi connectivity index (χ3v) is 4.92. The molecule has 7 heteroatoms. The van der Waals surface area contributed by atoms with E-state index in [-0.39, 0.29) is 0 Å². The zero-order valence-corrected chi connectivity index (χ0v) is 14.5. The van der Waals surface area contributed by atoms with E-state index in [0.29, 0.717) is 12.6 Å². The third kappa shape index (κ3) is 3.36. The summed E-state index contributed by atoms with van der Waals surface area (Å²) in [6.07, 6.45) is 3.49. The molecule has 6 nitrogen and oxygen atoms in total. The normalized spacial score (nSPS) is 14.2. The molecule has 0 atom stereocenters. The van der Waals surface area contributed by atoms with E-state index >= 15 is 0 Å². The van der Waals surface area contributed by atoms with Crippen molar-refractivity contribution in [2.75, 3.05) is 11.1 Å². The van der Waals surface area contributed by atoms with E-state index in [0.717, 1.165) is 34.3 Å². The van der Waals surface area contributed by atoms with Crippen LogP contribution in [0.15, 0.2) is 35.5 Å². The maximum atomic E-state index is 4.71. The Balaban J connectivity index is 1.71. The Morgan fingerprint density at radius 2 is 2.04 bits per heavy atom. The summed E-state index contributed by atoms with van der Waals surface area (Å²) in [6, 6.07) is 10.8. The van der Waals surface area contributed by atoms with Gasteiger partial charge in [0.05, 0.1) is 6.54 Å². The quantitative estimate of drug-likeness (QED) is 0.525. The number of benzene rings is 1. The highest BCUT2D eigenvalue weighted by molar-refractivity contribution is 7.99. The van der Waals surface area contributed by atoms with Crippen molar-refractivity contribution in [2.45, 2.75) is 43.9 Å². The van der Waals surface area contributed by atoms with Gasteiger partial charge in [-0.1, -0.05) is 54.2 Å². The zero-order chi connectivity index (χ0) is 16.4. The second kappa shape index (κ2) is 6.76. The van der Waals surface area contributed by atoms with Crippen molar-refractivity contribution in [2.24, 2.45) is 0 Å². The molecule has 1 aliphatic carbocycles. The number of nitrogens with zero attached hydrogens (tertiary/aromatic N) is 5. The van der Waals surface area contributed by atoms with Gasteiger partial charge in [-0.3, -0.25) is 0 Å². The SMILES string of the molecule is CCCSc1nc(NC2CC2)c2nnn(Cc3ccccc3)c2n1. The summed E-state index contributed by atoms with van der Waals surface area (Å²) in [5.74, 6) is 1.83. The average molecular weight is 340 g/mol. The maximum absolute atomic E-state index is 4.71. The van der Waals surface area contributed by atoms with Gasteiger partial charge in [-0.2, -0.15) is 0 Å². The predicted octanol–water partition coefficient (Wildman–Crippen LogP) is 3.35. The van der Waals surface area contributed by atoms with E-state index < -0.39 is 0 Å². The molecule has 124 valence electrons. The Hall–Kier alpha value is -2.15. The number of thioether (sulfide) groups is 1. The number of hydrogen-bond acceptors (Lipinski definition) is 6. The number of nitrogens with one attached hydrogen (secondary N) is 1. The highest BCUT2D eigenvalue weighted by Crippen LogP contribution is 2.29. The number of rotatable bonds is 7. The van der Waals surface area contributed by atoms with Gasteiger partial charge in [0.2, 0.25) is 0 Å². The van der Waals surface area contributed by atoms with Crippen LogP contribution in [0.3, 0.4) is 0 Å². The third-order valence-electron chi connectivity index (χ3n) is 3.87. The minimum absolute atomic E-state index is 0.520. The van der Waals surface area contributed by atoms with E-state index in [1.165, 1.54) is 18.4 Å².